The van der Waals surface area contributed by atoms with Crippen molar-refractivity contribution >= 4 is 5.97 Å². The van der Waals surface area contributed by atoms with Gasteiger partial charge in [-0.05, 0) is 62.5 Å². The minimum Gasteiger partial charge on any atom is -0.504 e. The summed E-state index contributed by atoms with van der Waals surface area (Å²) in [6, 6.07) is 3.64. The monoisotopic (exact) mass is 390 g/mol. The molecule has 1 aromatic rings. The smallest absolute Gasteiger partial charge is 0.303 e. The summed E-state index contributed by atoms with van der Waals surface area (Å²) in [5.41, 5.74) is 1.61. The second kappa shape index (κ2) is 9.17. The number of unbranched alkanes of at least 4 members (excludes halogenated alkanes) is 1. The molecule has 0 amide bonds. The first-order valence-electron chi connectivity index (χ1n) is 10.8. The Labute approximate surface area is 168 Å². The van der Waals surface area contributed by atoms with Gasteiger partial charge in [0.05, 0.1) is 12.7 Å². The van der Waals surface area contributed by atoms with Crippen LogP contribution in [0.1, 0.15) is 76.3 Å². The number of hydrogen-bond acceptors (Lipinski definition) is 5. The molecule has 5 heteroatoms. The third-order valence-electron chi connectivity index (χ3n) is 6.39. The molecule has 3 unspecified atom stereocenters. The van der Waals surface area contributed by atoms with Gasteiger partial charge in [-0.3, -0.25) is 4.79 Å². The van der Waals surface area contributed by atoms with Crippen LogP contribution in [-0.2, 0) is 22.4 Å². The van der Waals surface area contributed by atoms with Gasteiger partial charge in [-0.15, -0.1) is 0 Å². The van der Waals surface area contributed by atoms with Gasteiger partial charge in [-0.25, -0.2) is 0 Å². The van der Waals surface area contributed by atoms with E-state index in [0.717, 1.165) is 62.5 Å². The maximum atomic E-state index is 11.8. The van der Waals surface area contributed by atoms with E-state index in [1.807, 2.05) is 6.07 Å². The van der Waals surface area contributed by atoms with Gasteiger partial charge in [0.2, 0.25) is 0 Å². The number of carbonyl (C=O) groups is 1. The number of hydrogen-bond donors (Lipinski definition) is 2. The van der Waals surface area contributed by atoms with Crippen LogP contribution in [0.5, 0.6) is 11.5 Å². The molecular formula is C23H34O5. The zero-order chi connectivity index (χ0) is 20.1. The summed E-state index contributed by atoms with van der Waals surface area (Å²) < 4.78 is 11.5. The topological polar surface area (TPSA) is 76.0 Å². The van der Waals surface area contributed by atoms with Gasteiger partial charge in [0.15, 0.2) is 11.5 Å². The molecule has 1 saturated carbocycles. The number of carbonyl (C=O) groups excluding carboxylic acids is 1. The fourth-order valence-electron chi connectivity index (χ4n) is 4.88. The Hall–Kier alpha value is -1.75. The second-order valence-corrected chi connectivity index (χ2v) is 8.49. The molecule has 0 spiro atoms. The Bertz CT molecular complexity index is 686. The fourth-order valence-corrected chi connectivity index (χ4v) is 4.88. The average Bonchev–Trinajstić information content (AvgIpc) is 2.67. The van der Waals surface area contributed by atoms with Crippen molar-refractivity contribution in [2.45, 2.75) is 89.8 Å². The molecule has 0 saturated heterocycles. The summed E-state index contributed by atoms with van der Waals surface area (Å²) in [7, 11) is 0. The molecule has 1 heterocycles. The Morgan fingerprint density at radius 1 is 1.39 bits per heavy atom. The maximum absolute atomic E-state index is 11.8. The first-order chi connectivity index (χ1) is 13.4. The molecular weight excluding hydrogens is 356 g/mol. The summed E-state index contributed by atoms with van der Waals surface area (Å²) in [4.78, 5) is 11.8. The van der Waals surface area contributed by atoms with Crippen LogP contribution in [0, 0.1) is 5.92 Å². The molecule has 0 radical (unpaired) electrons. The van der Waals surface area contributed by atoms with Crippen LogP contribution < -0.4 is 4.74 Å². The highest BCUT2D eigenvalue weighted by Gasteiger charge is 2.42. The molecule has 1 aromatic carbocycles. The molecule has 5 nitrogen and oxygen atoms in total. The van der Waals surface area contributed by atoms with E-state index in [9.17, 15) is 15.0 Å². The van der Waals surface area contributed by atoms with E-state index in [1.165, 1.54) is 6.92 Å². The van der Waals surface area contributed by atoms with Crippen molar-refractivity contribution in [2.24, 2.45) is 5.92 Å². The number of fused-ring (bicyclic) bond motifs is 1. The van der Waals surface area contributed by atoms with Gasteiger partial charge < -0.3 is 19.7 Å². The van der Waals surface area contributed by atoms with Crippen molar-refractivity contribution in [3.8, 4) is 11.5 Å². The largest absolute Gasteiger partial charge is 0.504 e. The molecule has 0 aromatic heterocycles. The number of aliphatic hydroxyl groups is 1. The van der Waals surface area contributed by atoms with Crippen molar-refractivity contribution in [3.63, 3.8) is 0 Å². The van der Waals surface area contributed by atoms with Gasteiger partial charge in [-0.2, -0.15) is 0 Å². The lowest BCUT2D eigenvalue weighted by Gasteiger charge is -2.42. The lowest BCUT2D eigenvalue weighted by atomic mass is 9.72. The van der Waals surface area contributed by atoms with Crippen LogP contribution >= 0.6 is 0 Å². The molecule has 1 fully saturated rings. The van der Waals surface area contributed by atoms with Gasteiger partial charge in [0.1, 0.15) is 5.60 Å². The first-order valence-corrected chi connectivity index (χ1v) is 10.8. The number of phenolic OH excluding ortho intramolecular Hbond substituents is 1. The molecule has 28 heavy (non-hydrogen) atoms. The predicted molar refractivity (Wildman–Crippen MR) is 108 cm³/mol. The van der Waals surface area contributed by atoms with E-state index in [2.05, 4.69) is 6.92 Å². The number of aromatic hydroxyl groups is 1. The molecule has 156 valence electrons. The zero-order valence-electron chi connectivity index (χ0n) is 17.2. The molecule has 1 aliphatic heterocycles. The minimum atomic E-state index is -0.603. The van der Waals surface area contributed by atoms with Crippen LogP contribution in [-0.4, -0.2) is 34.5 Å². The summed E-state index contributed by atoms with van der Waals surface area (Å²) in [5, 5.41) is 20.8. The van der Waals surface area contributed by atoms with E-state index < -0.39 is 11.7 Å². The maximum Gasteiger partial charge on any atom is 0.303 e. The van der Waals surface area contributed by atoms with E-state index >= 15 is 0 Å². The normalized spacial score (nSPS) is 27.0. The average molecular weight is 391 g/mol. The Morgan fingerprint density at radius 2 is 2.21 bits per heavy atom. The Balaban J connectivity index is 1.73. The van der Waals surface area contributed by atoms with Gasteiger partial charge >= 0.3 is 5.97 Å². The van der Waals surface area contributed by atoms with E-state index in [0.29, 0.717) is 31.1 Å². The van der Waals surface area contributed by atoms with E-state index in [-0.39, 0.29) is 11.7 Å². The molecule has 0 bridgehead atoms. The highest BCUT2D eigenvalue weighted by Crippen LogP contribution is 2.42. The van der Waals surface area contributed by atoms with Gasteiger partial charge in [0, 0.05) is 18.9 Å². The van der Waals surface area contributed by atoms with Crippen molar-refractivity contribution < 1.29 is 24.5 Å². The van der Waals surface area contributed by atoms with Crippen LogP contribution in [0.4, 0.5) is 0 Å². The highest BCUT2D eigenvalue weighted by molar-refractivity contribution is 5.66. The zero-order valence-corrected chi connectivity index (χ0v) is 17.2. The van der Waals surface area contributed by atoms with Crippen LogP contribution in [0.3, 0.4) is 0 Å². The summed E-state index contributed by atoms with van der Waals surface area (Å²) in [6.45, 7) is 4.25. The number of aryl methyl sites for hydroxylation is 1. The lowest BCUT2D eigenvalue weighted by molar-refractivity contribution is -0.168. The third kappa shape index (κ3) is 4.80. The van der Waals surface area contributed by atoms with Crippen molar-refractivity contribution in [1.82, 2.24) is 0 Å². The first kappa shape index (κ1) is 21.0. The molecule has 2 aliphatic rings. The second-order valence-electron chi connectivity index (χ2n) is 8.49. The number of ether oxygens (including phenoxy) is 2. The Morgan fingerprint density at radius 3 is 2.93 bits per heavy atom. The minimum absolute atomic E-state index is 0.194. The number of esters is 1. The quantitative estimate of drug-likeness (QED) is 0.679. The van der Waals surface area contributed by atoms with Crippen LogP contribution in [0.25, 0.3) is 0 Å². The number of aliphatic hydroxyl groups excluding tert-OH is 1. The summed E-state index contributed by atoms with van der Waals surface area (Å²) in [6.07, 6.45) is 8.34. The molecule has 1 aliphatic carbocycles. The number of phenols is 1. The van der Waals surface area contributed by atoms with E-state index in [1.54, 1.807) is 6.07 Å². The lowest BCUT2D eigenvalue weighted by Crippen LogP contribution is -2.45. The number of rotatable bonds is 7. The van der Waals surface area contributed by atoms with E-state index in [4.69, 9.17) is 9.47 Å². The van der Waals surface area contributed by atoms with Gasteiger partial charge in [0.25, 0.3) is 0 Å². The van der Waals surface area contributed by atoms with Crippen molar-refractivity contribution in [3.05, 3.63) is 23.3 Å². The SMILES string of the molecule is CCCCC1CCC(CCc2ccc(O)c3c2CCCO3)(OC(C)=O)CC1O. The standard InChI is InChI=1S/C23H34O5/c1-3-4-6-18-11-13-23(15-21(18)26,28-16(2)24)12-10-17-8-9-20(25)22-19(17)7-5-14-27-22/h8-9,18,21,25-26H,3-7,10-15H2,1-2H3. The van der Waals surface area contributed by atoms with Crippen LogP contribution in [0.2, 0.25) is 0 Å². The highest BCUT2D eigenvalue weighted by atomic mass is 16.6. The van der Waals surface area contributed by atoms with Crippen molar-refractivity contribution in [1.29, 1.82) is 0 Å². The molecule has 2 N–H and O–H groups in total. The molecule has 3 atom stereocenters. The van der Waals surface area contributed by atoms with Crippen LogP contribution in [0.15, 0.2) is 12.1 Å². The summed E-state index contributed by atoms with van der Waals surface area (Å²) >= 11 is 0. The van der Waals surface area contributed by atoms with Crippen molar-refractivity contribution in [2.75, 3.05) is 6.61 Å². The predicted octanol–water partition coefficient (Wildman–Crippen LogP) is 4.30. The number of benzene rings is 1. The van der Waals surface area contributed by atoms with Gasteiger partial charge in [-0.1, -0.05) is 25.8 Å². The summed E-state index contributed by atoms with van der Waals surface area (Å²) in [5.74, 6) is 0.822. The Kier molecular flexibility index (Phi) is 6.86. The third-order valence-corrected chi connectivity index (χ3v) is 6.39. The molecule has 3 rings (SSSR count). The fraction of sp³-hybridized carbons (Fsp3) is 0.696.